The summed E-state index contributed by atoms with van der Waals surface area (Å²) >= 11 is 0. The zero-order valence-electron chi connectivity index (χ0n) is 8.83. The summed E-state index contributed by atoms with van der Waals surface area (Å²) in [5, 5.41) is 0. The summed E-state index contributed by atoms with van der Waals surface area (Å²) in [6, 6.07) is 0. The summed E-state index contributed by atoms with van der Waals surface area (Å²) in [5.41, 5.74) is 4.71. The van der Waals surface area contributed by atoms with Crippen molar-refractivity contribution in [2.45, 2.75) is 47.0 Å². The Morgan fingerprint density at radius 2 is 2.00 bits per heavy atom. The summed E-state index contributed by atoms with van der Waals surface area (Å²) < 4.78 is 0. The maximum Gasteiger partial charge on any atom is -0.0102 e. The zero-order valence-corrected chi connectivity index (χ0v) is 8.83. The van der Waals surface area contributed by atoms with Crippen LogP contribution in [-0.2, 0) is 0 Å². The van der Waals surface area contributed by atoms with Crippen LogP contribution in [-0.4, -0.2) is 0 Å². The molecule has 0 heteroatoms. The average molecular weight is 164 g/mol. The SMILES string of the molecule is C=C(C)C1=C(C)CCCC1(C)C. The normalized spacial score (nSPS) is 22.7. The molecule has 0 bridgehead atoms. The van der Waals surface area contributed by atoms with Crippen molar-refractivity contribution in [3.8, 4) is 0 Å². The van der Waals surface area contributed by atoms with Gasteiger partial charge in [-0.2, -0.15) is 0 Å². The van der Waals surface area contributed by atoms with Gasteiger partial charge in [0.05, 0.1) is 0 Å². The highest BCUT2D eigenvalue weighted by Crippen LogP contribution is 2.42. The zero-order chi connectivity index (χ0) is 9.35. The van der Waals surface area contributed by atoms with Gasteiger partial charge in [-0.1, -0.05) is 31.6 Å². The van der Waals surface area contributed by atoms with Crippen LogP contribution in [0.2, 0.25) is 0 Å². The van der Waals surface area contributed by atoms with E-state index in [4.69, 9.17) is 0 Å². The maximum absolute atomic E-state index is 4.07. The Balaban J connectivity index is 3.09. The third-order valence-electron chi connectivity index (χ3n) is 2.88. The topological polar surface area (TPSA) is 0 Å². The molecule has 0 aromatic carbocycles. The largest absolute Gasteiger partial charge is 0.0958 e. The summed E-state index contributed by atoms with van der Waals surface area (Å²) in [5.74, 6) is 0. The van der Waals surface area contributed by atoms with E-state index in [0.717, 1.165) is 0 Å². The lowest BCUT2D eigenvalue weighted by atomic mass is 9.70. The molecule has 0 aromatic heterocycles. The van der Waals surface area contributed by atoms with Crippen LogP contribution in [0, 0.1) is 5.41 Å². The van der Waals surface area contributed by atoms with Crippen LogP contribution in [0.4, 0.5) is 0 Å². The smallest absolute Gasteiger partial charge is 0.0102 e. The summed E-state index contributed by atoms with van der Waals surface area (Å²) in [6.07, 6.45) is 3.92. The number of allylic oxidation sites excluding steroid dienone is 3. The molecule has 0 amide bonds. The lowest BCUT2D eigenvalue weighted by Crippen LogP contribution is -2.20. The average Bonchev–Trinajstić information content (AvgIpc) is 1.82. The monoisotopic (exact) mass is 164 g/mol. The Kier molecular flexibility index (Phi) is 2.46. The molecule has 12 heavy (non-hydrogen) atoms. The Hall–Kier alpha value is -0.520. The van der Waals surface area contributed by atoms with Gasteiger partial charge in [0.2, 0.25) is 0 Å². The van der Waals surface area contributed by atoms with Crippen LogP contribution in [0.5, 0.6) is 0 Å². The minimum Gasteiger partial charge on any atom is -0.0958 e. The number of hydrogen-bond acceptors (Lipinski definition) is 0. The van der Waals surface area contributed by atoms with Crippen molar-refractivity contribution in [1.29, 1.82) is 0 Å². The summed E-state index contributed by atoms with van der Waals surface area (Å²) in [6.45, 7) is 13.1. The first kappa shape index (κ1) is 9.57. The molecular weight excluding hydrogens is 144 g/mol. The van der Waals surface area contributed by atoms with E-state index in [0.29, 0.717) is 5.41 Å². The van der Waals surface area contributed by atoms with Gasteiger partial charge in [-0.3, -0.25) is 0 Å². The minimum atomic E-state index is 0.369. The van der Waals surface area contributed by atoms with Crippen molar-refractivity contribution in [3.05, 3.63) is 23.3 Å². The van der Waals surface area contributed by atoms with E-state index in [1.807, 2.05) is 0 Å². The van der Waals surface area contributed by atoms with Crippen molar-refractivity contribution in [2.24, 2.45) is 5.41 Å². The van der Waals surface area contributed by atoms with E-state index in [2.05, 4.69) is 34.3 Å². The van der Waals surface area contributed by atoms with Gasteiger partial charge in [0.1, 0.15) is 0 Å². The van der Waals surface area contributed by atoms with Crippen molar-refractivity contribution >= 4 is 0 Å². The van der Waals surface area contributed by atoms with Gasteiger partial charge in [0, 0.05) is 0 Å². The second-order valence-corrected chi connectivity index (χ2v) is 4.67. The molecule has 0 unspecified atom stereocenters. The first-order valence-corrected chi connectivity index (χ1v) is 4.81. The van der Waals surface area contributed by atoms with E-state index in [-0.39, 0.29) is 0 Å². The molecule has 1 aliphatic rings. The molecule has 0 N–H and O–H groups in total. The molecule has 0 nitrogen and oxygen atoms in total. The predicted octanol–water partition coefficient (Wildman–Crippen LogP) is 4.09. The number of rotatable bonds is 1. The highest BCUT2D eigenvalue weighted by Gasteiger charge is 2.28. The third kappa shape index (κ3) is 1.63. The van der Waals surface area contributed by atoms with E-state index >= 15 is 0 Å². The van der Waals surface area contributed by atoms with Crippen LogP contribution >= 0.6 is 0 Å². The van der Waals surface area contributed by atoms with Crippen LogP contribution in [0.1, 0.15) is 47.0 Å². The standard InChI is InChI=1S/C12H20/c1-9(2)11-10(3)7-6-8-12(11,4)5/h1,6-8H2,2-5H3. The van der Waals surface area contributed by atoms with Crippen LogP contribution in [0.3, 0.4) is 0 Å². The molecule has 1 rings (SSSR count). The van der Waals surface area contributed by atoms with E-state index < -0.39 is 0 Å². The first-order chi connectivity index (χ1) is 5.45. The second kappa shape index (κ2) is 3.08. The Morgan fingerprint density at radius 3 is 2.33 bits per heavy atom. The first-order valence-electron chi connectivity index (χ1n) is 4.81. The van der Waals surface area contributed by atoms with Gasteiger partial charge in [0.15, 0.2) is 0 Å². The van der Waals surface area contributed by atoms with Crippen LogP contribution < -0.4 is 0 Å². The van der Waals surface area contributed by atoms with Gasteiger partial charge in [-0.15, -0.1) is 0 Å². The third-order valence-corrected chi connectivity index (χ3v) is 2.88. The fourth-order valence-corrected chi connectivity index (χ4v) is 2.57. The Bertz CT molecular complexity index is 228. The van der Waals surface area contributed by atoms with Gasteiger partial charge in [0.25, 0.3) is 0 Å². The molecule has 0 aromatic rings. The van der Waals surface area contributed by atoms with E-state index in [1.54, 1.807) is 5.57 Å². The molecule has 1 aliphatic carbocycles. The lowest BCUT2D eigenvalue weighted by Gasteiger charge is -2.34. The molecule has 0 saturated heterocycles. The summed E-state index contributed by atoms with van der Waals surface area (Å²) in [4.78, 5) is 0. The quantitative estimate of drug-likeness (QED) is 0.547. The molecule has 0 aliphatic heterocycles. The molecule has 0 saturated carbocycles. The van der Waals surface area contributed by atoms with Crippen molar-refractivity contribution in [2.75, 3.05) is 0 Å². The van der Waals surface area contributed by atoms with Crippen molar-refractivity contribution in [1.82, 2.24) is 0 Å². The van der Waals surface area contributed by atoms with Gasteiger partial charge >= 0.3 is 0 Å². The highest BCUT2D eigenvalue weighted by atomic mass is 14.3. The molecular formula is C12H20. The van der Waals surface area contributed by atoms with Crippen molar-refractivity contribution in [3.63, 3.8) is 0 Å². The maximum atomic E-state index is 4.07. The van der Waals surface area contributed by atoms with Gasteiger partial charge < -0.3 is 0 Å². The predicted molar refractivity (Wildman–Crippen MR) is 55.1 cm³/mol. The summed E-state index contributed by atoms with van der Waals surface area (Å²) in [7, 11) is 0. The van der Waals surface area contributed by atoms with E-state index in [9.17, 15) is 0 Å². The number of hydrogen-bond donors (Lipinski definition) is 0. The fraction of sp³-hybridized carbons (Fsp3) is 0.667. The fourth-order valence-electron chi connectivity index (χ4n) is 2.57. The molecule has 0 spiro atoms. The lowest BCUT2D eigenvalue weighted by molar-refractivity contribution is 0.372. The molecule has 68 valence electrons. The van der Waals surface area contributed by atoms with Crippen LogP contribution in [0.15, 0.2) is 23.3 Å². The minimum absolute atomic E-state index is 0.369. The molecule has 0 fully saturated rings. The Morgan fingerprint density at radius 1 is 1.42 bits per heavy atom. The second-order valence-electron chi connectivity index (χ2n) is 4.67. The van der Waals surface area contributed by atoms with E-state index in [1.165, 1.54) is 30.4 Å². The van der Waals surface area contributed by atoms with Crippen molar-refractivity contribution < 1.29 is 0 Å². The van der Waals surface area contributed by atoms with Gasteiger partial charge in [-0.05, 0) is 44.1 Å². The Labute approximate surface area is 76.4 Å². The molecule has 0 heterocycles. The molecule has 0 atom stereocenters. The molecule has 0 radical (unpaired) electrons. The van der Waals surface area contributed by atoms with Gasteiger partial charge in [-0.25, -0.2) is 0 Å². The van der Waals surface area contributed by atoms with Crippen LogP contribution in [0.25, 0.3) is 0 Å². The highest BCUT2D eigenvalue weighted by molar-refractivity contribution is 5.37.